The molecule has 0 spiro atoms. The zero-order chi connectivity index (χ0) is 22.3. The molecule has 31 heavy (non-hydrogen) atoms. The van der Waals surface area contributed by atoms with Crippen LogP contribution in [0.3, 0.4) is 0 Å². The molecule has 0 radical (unpaired) electrons. The Balaban J connectivity index is 1.40. The molecule has 168 valence electrons. The van der Waals surface area contributed by atoms with Gasteiger partial charge in [-0.15, -0.1) is 0 Å². The molecule has 2 aromatic carbocycles. The molecule has 0 saturated carbocycles. The van der Waals surface area contributed by atoms with E-state index < -0.39 is 15.8 Å². The Labute approximate surface area is 183 Å². The van der Waals surface area contributed by atoms with Gasteiger partial charge in [0.15, 0.2) is 0 Å². The van der Waals surface area contributed by atoms with Crippen molar-refractivity contribution < 1.29 is 22.3 Å². The summed E-state index contributed by atoms with van der Waals surface area (Å²) in [5, 5.41) is 2.97. The van der Waals surface area contributed by atoms with E-state index in [9.17, 15) is 17.6 Å². The molecular formula is C23H29FN2O4S. The SMILES string of the molecule is CCOc1ccc(CCCNC(=O)C2CCN(S(=O)(=O)c3ccc(F)cc3)CC2)cc1. The highest BCUT2D eigenvalue weighted by atomic mass is 32.2. The van der Waals surface area contributed by atoms with Crippen LogP contribution in [0, 0.1) is 11.7 Å². The third kappa shape index (κ3) is 6.27. The van der Waals surface area contributed by atoms with E-state index in [0.717, 1.165) is 30.7 Å². The van der Waals surface area contributed by atoms with Crippen molar-refractivity contribution in [3.05, 3.63) is 59.9 Å². The van der Waals surface area contributed by atoms with E-state index in [1.54, 1.807) is 0 Å². The molecule has 1 N–H and O–H groups in total. The van der Waals surface area contributed by atoms with Crippen LogP contribution in [-0.4, -0.2) is 44.9 Å². The van der Waals surface area contributed by atoms with Crippen LogP contribution in [0.2, 0.25) is 0 Å². The van der Waals surface area contributed by atoms with Gasteiger partial charge in [0.05, 0.1) is 11.5 Å². The van der Waals surface area contributed by atoms with Crippen molar-refractivity contribution in [3.8, 4) is 5.75 Å². The van der Waals surface area contributed by atoms with Crippen LogP contribution < -0.4 is 10.1 Å². The van der Waals surface area contributed by atoms with Crippen molar-refractivity contribution in [2.75, 3.05) is 26.2 Å². The average molecular weight is 449 g/mol. The van der Waals surface area contributed by atoms with Gasteiger partial charge < -0.3 is 10.1 Å². The number of nitrogens with zero attached hydrogens (tertiary/aromatic N) is 1. The van der Waals surface area contributed by atoms with Crippen molar-refractivity contribution in [2.24, 2.45) is 5.92 Å². The maximum atomic E-state index is 13.1. The predicted molar refractivity (Wildman–Crippen MR) is 117 cm³/mol. The van der Waals surface area contributed by atoms with Crippen LogP contribution in [0.4, 0.5) is 4.39 Å². The summed E-state index contributed by atoms with van der Waals surface area (Å²) in [7, 11) is -3.66. The lowest BCUT2D eigenvalue weighted by Gasteiger charge is -2.30. The molecule has 1 amide bonds. The molecule has 1 aliphatic rings. The summed E-state index contributed by atoms with van der Waals surface area (Å²) in [6.45, 7) is 3.74. The first-order valence-corrected chi connectivity index (χ1v) is 12.1. The van der Waals surface area contributed by atoms with E-state index in [2.05, 4.69) is 5.32 Å². The number of hydrogen-bond donors (Lipinski definition) is 1. The highest BCUT2D eigenvalue weighted by molar-refractivity contribution is 7.89. The molecule has 2 aromatic rings. The van der Waals surface area contributed by atoms with Gasteiger partial charge in [-0.2, -0.15) is 4.31 Å². The van der Waals surface area contributed by atoms with Crippen molar-refractivity contribution in [2.45, 2.75) is 37.5 Å². The van der Waals surface area contributed by atoms with Gasteiger partial charge in [0, 0.05) is 25.6 Å². The van der Waals surface area contributed by atoms with Crippen LogP contribution in [0.25, 0.3) is 0 Å². The fourth-order valence-electron chi connectivity index (χ4n) is 3.68. The third-order valence-electron chi connectivity index (χ3n) is 5.45. The predicted octanol–water partition coefficient (Wildman–Crippen LogP) is 3.37. The maximum absolute atomic E-state index is 13.1. The number of sulfonamides is 1. The number of carbonyl (C=O) groups excluding carboxylic acids is 1. The summed E-state index contributed by atoms with van der Waals surface area (Å²) in [5.41, 5.74) is 1.19. The molecule has 8 heteroatoms. The number of amides is 1. The van der Waals surface area contributed by atoms with Gasteiger partial charge in [0.1, 0.15) is 11.6 Å². The van der Waals surface area contributed by atoms with E-state index in [1.165, 1.54) is 22.0 Å². The minimum Gasteiger partial charge on any atom is -0.494 e. The third-order valence-corrected chi connectivity index (χ3v) is 7.36. The largest absolute Gasteiger partial charge is 0.494 e. The van der Waals surface area contributed by atoms with E-state index in [0.29, 0.717) is 26.0 Å². The molecular weight excluding hydrogens is 419 g/mol. The van der Waals surface area contributed by atoms with Gasteiger partial charge in [-0.3, -0.25) is 4.79 Å². The molecule has 1 aliphatic heterocycles. The highest BCUT2D eigenvalue weighted by Gasteiger charge is 2.31. The van der Waals surface area contributed by atoms with E-state index in [-0.39, 0.29) is 29.8 Å². The maximum Gasteiger partial charge on any atom is 0.243 e. The van der Waals surface area contributed by atoms with E-state index in [1.807, 2.05) is 31.2 Å². The zero-order valence-corrected chi connectivity index (χ0v) is 18.5. The summed E-state index contributed by atoms with van der Waals surface area (Å²) < 4.78 is 45.2. The molecule has 0 bridgehead atoms. The first-order chi connectivity index (χ1) is 14.9. The van der Waals surface area contributed by atoms with E-state index in [4.69, 9.17) is 4.74 Å². The monoisotopic (exact) mass is 448 g/mol. The molecule has 0 aliphatic carbocycles. The van der Waals surface area contributed by atoms with Gasteiger partial charge in [-0.25, -0.2) is 12.8 Å². The van der Waals surface area contributed by atoms with Crippen molar-refractivity contribution in [1.82, 2.24) is 9.62 Å². The average Bonchev–Trinajstić information content (AvgIpc) is 2.78. The molecule has 0 atom stereocenters. The summed E-state index contributed by atoms with van der Waals surface area (Å²) in [6, 6.07) is 12.8. The molecule has 1 fully saturated rings. The summed E-state index contributed by atoms with van der Waals surface area (Å²) in [5.74, 6) is 0.167. The summed E-state index contributed by atoms with van der Waals surface area (Å²) >= 11 is 0. The van der Waals surface area contributed by atoms with Crippen molar-refractivity contribution >= 4 is 15.9 Å². The Morgan fingerprint density at radius 2 is 1.74 bits per heavy atom. The van der Waals surface area contributed by atoms with Gasteiger partial charge >= 0.3 is 0 Å². The number of benzene rings is 2. The topological polar surface area (TPSA) is 75.7 Å². The van der Waals surface area contributed by atoms with Gasteiger partial charge in [0.25, 0.3) is 0 Å². The standard InChI is InChI=1S/C23H29FN2O4S/c1-2-30-21-9-5-18(6-10-21)4-3-15-25-23(27)19-13-16-26(17-14-19)31(28,29)22-11-7-20(24)8-12-22/h5-12,19H,2-4,13-17H2,1H3,(H,25,27). The number of hydrogen-bond acceptors (Lipinski definition) is 4. The summed E-state index contributed by atoms with van der Waals surface area (Å²) in [4.78, 5) is 12.5. The number of nitrogens with one attached hydrogen (secondary N) is 1. The second-order valence-electron chi connectivity index (χ2n) is 7.60. The quantitative estimate of drug-likeness (QED) is 0.597. The fraction of sp³-hybridized carbons (Fsp3) is 0.435. The van der Waals surface area contributed by atoms with Gasteiger partial charge in [0.2, 0.25) is 15.9 Å². The number of piperidine rings is 1. The normalized spacial score (nSPS) is 15.5. The molecule has 3 rings (SSSR count). The lowest BCUT2D eigenvalue weighted by Crippen LogP contribution is -2.43. The van der Waals surface area contributed by atoms with Crippen LogP contribution in [-0.2, 0) is 21.2 Å². The Morgan fingerprint density at radius 1 is 1.10 bits per heavy atom. The first-order valence-electron chi connectivity index (χ1n) is 10.7. The fourth-order valence-corrected chi connectivity index (χ4v) is 5.15. The van der Waals surface area contributed by atoms with Crippen LogP contribution in [0.1, 0.15) is 31.7 Å². The highest BCUT2D eigenvalue weighted by Crippen LogP contribution is 2.24. The molecule has 0 unspecified atom stereocenters. The number of ether oxygens (including phenoxy) is 1. The van der Waals surface area contributed by atoms with E-state index >= 15 is 0 Å². The number of carbonyl (C=O) groups is 1. The van der Waals surface area contributed by atoms with Crippen molar-refractivity contribution in [3.63, 3.8) is 0 Å². The number of aryl methyl sites for hydroxylation is 1. The lowest BCUT2D eigenvalue weighted by atomic mass is 9.97. The lowest BCUT2D eigenvalue weighted by molar-refractivity contribution is -0.126. The van der Waals surface area contributed by atoms with Crippen LogP contribution in [0.5, 0.6) is 5.75 Å². The van der Waals surface area contributed by atoms with Crippen molar-refractivity contribution in [1.29, 1.82) is 0 Å². The minimum atomic E-state index is -3.66. The second kappa shape index (κ2) is 10.7. The molecule has 1 heterocycles. The number of halogens is 1. The van der Waals surface area contributed by atoms with Gasteiger partial charge in [-0.1, -0.05) is 12.1 Å². The Morgan fingerprint density at radius 3 is 2.35 bits per heavy atom. The second-order valence-corrected chi connectivity index (χ2v) is 9.54. The molecule has 0 aromatic heterocycles. The summed E-state index contributed by atoms with van der Waals surface area (Å²) in [6.07, 6.45) is 2.65. The Bertz CT molecular complexity index is 954. The molecule has 1 saturated heterocycles. The Hall–Kier alpha value is -2.45. The Kier molecular flexibility index (Phi) is 8.03. The smallest absolute Gasteiger partial charge is 0.243 e. The van der Waals surface area contributed by atoms with Crippen LogP contribution in [0.15, 0.2) is 53.4 Å². The molecule has 6 nitrogen and oxygen atoms in total. The number of rotatable bonds is 9. The minimum absolute atomic E-state index is 0.0227. The first kappa shape index (κ1) is 23.2. The van der Waals surface area contributed by atoms with Gasteiger partial charge in [-0.05, 0) is 74.6 Å². The van der Waals surface area contributed by atoms with Crippen LogP contribution >= 0.6 is 0 Å². The zero-order valence-electron chi connectivity index (χ0n) is 17.7.